The van der Waals surface area contributed by atoms with Crippen LogP contribution >= 0.6 is 0 Å². The number of primary sulfonamides is 1. The molecule has 0 radical (unpaired) electrons. The standard InChI is InChI=1S/C14H18N2O3S/c1-10-12(8-5-9-13(10)20(15,18)19)16-14(17)11-6-3-2-4-7-11/h2-3,5,8-9,11H,4,6-7H2,1H3,(H,16,17)(H2,15,18,19). The summed E-state index contributed by atoms with van der Waals surface area (Å²) >= 11 is 0. The molecule has 1 aliphatic carbocycles. The van der Waals surface area contributed by atoms with Crippen molar-refractivity contribution >= 4 is 21.6 Å². The molecule has 1 aromatic rings. The van der Waals surface area contributed by atoms with Crippen LogP contribution < -0.4 is 10.5 Å². The molecule has 0 saturated carbocycles. The Balaban J connectivity index is 2.22. The van der Waals surface area contributed by atoms with Crippen molar-refractivity contribution in [3.05, 3.63) is 35.9 Å². The molecule has 6 heteroatoms. The number of carbonyl (C=O) groups excluding carboxylic acids is 1. The van der Waals surface area contributed by atoms with E-state index in [2.05, 4.69) is 11.4 Å². The molecule has 0 heterocycles. The van der Waals surface area contributed by atoms with Crippen molar-refractivity contribution in [2.75, 3.05) is 5.32 Å². The predicted molar refractivity (Wildman–Crippen MR) is 77.7 cm³/mol. The van der Waals surface area contributed by atoms with Crippen LogP contribution in [0.15, 0.2) is 35.2 Å². The Morgan fingerprint density at radius 2 is 2.10 bits per heavy atom. The zero-order valence-corrected chi connectivity index (χ0v) is 12.1. The largest absolute Gasteiger partial charge is 0.326 e. The Bertz CT molecular complexity index is 650. The molecule has 108 valence electrons. The van der Waals surface area contributed by atoms with Gasteiger partial charge in [-0.15, -0.1) is 0 Å². The Hall–Kier alpha value is -1.66. The number of hydrogen-bond acceptors (Lipinski definition) is 3. The number of benzene rings is 1. The number of amides is 1. The number of nitrogens with two attached hydrogens (primary N) is 1. The molecule has 2 rings (SSSR count). The molecule has 0 aromatic heterocycles. The van der Waals surface area contributed by atoms with E-state index in [1.54, 1.807) is 19.1 Å². The lowest BCUT2D eigenvalue weighted by molar-refractivity contribution is -0.120. The first kappa shape index (κ1) is 14.7. The van der Waals surface area contributed by atoms with Crippen molar-refractivity contribution < 1.29 is 13.2 Å². The summed E-state index contributed by atoms with van der Waals surface area (Å²) in [4.78, 5) is 12.2. The SMILES string of the molecule is Cc1c(NC(=O)C2CC=CCC2)cccc1S(N)(=O)=O. The van der Waals surface area contributed by atoms with E-state index in [4.69, 9.17) is 5.14 Å². The summed E-state index contributed by atoms with van der Waals surface area (Å²) < 4.78 is 22.9. The summed E-state index contributed by atoms with van der Waals surface area (Å²) in [6, 6.07) is 4.69. The Labute approximate surface area is 118 Å². The van der Waals surface area contributed by atoms with Gasteiger partial charge in [0.05, 0.1) is 4.90 Å². The molecule has 3 N–H and O–H groups in total. The average Bonchev–Trinajstić information content (AvgIpc) is 2.40. The Morgan fingerprint density at radius 1 is 1.35 bits per heavy atom. The monoisotopic (exact) mass is 294 g/mol. The summed E-state index contributed by atoms with van der Waals surface area (Å²) in [5.41, 5.74) is 0.964. The van der Waals surface area contributed by atoms with Gasteiger partial charge in [-0.25, -0.2) is 13.6 Å². The van der Waals surface area contributed by atoms with Crippen molar-refractivity contribution in [3.63, 3.8) is 0 Å². The van der Waals surface area contributed by atoms with E-state index >= 15 is 0 Å². The van der Waals surface area contributed by atoms with E-state index in [0.717, 1.165) is 19.3 Å². The topological polar surface area (TPSA) is 89.3 Å². The summed E-state index contributed by atoms with van der Waals surface area (Å²) in [7, 11) is -3.78. The van der Waals surface area contributed by atoms with E-state index in [0.29, 0.717) is 11.3 Å². The highest BCUT2D eigenvalue weighted by molar-refractivity contribution is 7.89. The molecule has 0 spiro atoms. The molecule has 20 heavy (non-hydrogen) atoms. The zero-order valence-electron chi connectivity index (χ0n) is 11.3. The fourth-order valence-electron chi connectivity index (χ4n) is 2.32. The minimum Gasteiger partial charge on any atom is -0.326 e. The molecule has 1 unspecified atom stereocenters. The molecule has 1 atom stereocenters. The maximum absolute atomic E-state index is 12.2. The molecule has 0 aliphatic heterocycles. The van der Waals surface area contributed by atoms with Gasteiger partial charge in [-0.1, -0.05) is 18.2 Å². The summed E-state index contributed by atoms with van der Waals surface area (Å²) in [6.07, 6.45) is 6.50. The first-order valence-electron chi connectivity index (χ1n) is 6.48. The van der Waals surface area contributed by atoms with Crippen LogP contribution in [0.4, 0.5) is 5.69 Å². The van der Waals surface area contributed by atoms with Crippen LogP contribution in [0.5, 0.6) is 0 Å². The second-order valence-electron chi connectivity index (χ2n) is 4.94. The van der Waals surface area contributed by atoms with E-state index in [-0.39, 0.29) is 16.7 Å². The number of sulfonamides is 1. The van der Waals surface area contributed by atoms with Crippen molar-refractivity contribution in [3.8, 4) is 0 Å². The zero-order chi connectivity index (χ0) is 14.8. The van der Waals surface area contributed by atoms with Crippen LogP contribution in [0.1, 0.15) is 24.8 Å². The number of hydrogen-bond donors (Lipinski definition) is 2. The van der Waals surface area contributed by atoms with E-state index < -0.39 is 10.0 Å². The van der Waals surface area contributed by atoms with Crippen molar-refractivity contribution in [1.82, 2.24) is 0 Å². The molecule has 1 aromatic carbocycles. The normalized spacial score (nSPS) is 18.8. The minimum atomic E-state index is -3.78. The summed E-state index contributed by atoms with van der Waals surface area (Å²) in [5.74, 6) is -0.137. The molecule has 1 aliphatic rings. The Morgan fingerprint density at radius 3 is 2.70 bits per heavy atom. The van der Waals surface area contributed by atoms with E-state index in [1.807, 2.05) is 6.08 Å². The molecular weight excluding hydrogens is 276 g/mol. The van der Waals surface area contributed by atoms with Crippen molar-refractivity contribution in [2.24, 2.45) is 11.1 Å². The van der Waals surface area contributed by atoms with Gasteiger partial charge in [-0.05, 0) is 43.9 Å². The third kappa shape index (κ3) is 3.26. The first-order valence-corrected chi connectivity index (χ1v) is 8.02. The van der Waals surface area contributed by atoms with E-state index in [9.17, 15) is 13.2 Å². The van der Waals surface area contributed by atoms with Gasteiger partial charge in [-0.2, -0.15) is 0 Å². The van der Waals surface area contributed by atoms with Crippen LogP contribution in [-0.4, -0.2) is 14.3 Å². The number of carbonyl (C=O) groups is 1. The van der Waals surface area contributed by atoms with Crippen molar-refractivity contribution in [1.29, 1.82) is 0 Å². The van der Waals surface area contributed by atoms with Gasteiger partial charge in [-0.3, -0.25) is 4.79 Å². The molecule has 0 fully saturated rings. The fourth-order valence-corrected chi connectivity index (χ4v) is 3.13. The van der Waals surface area contributed by atoms with Crippen LogP contribution in [0.2, 0.25) is 0 Å². The quantitative estimate of drug-likeness (QED) is 0.835. The second kappa shape index (κ2) is 5.76. The third-order valence-corrected chi connectivity index (χ3v) is 4.54. The Kier molecular flexibility index (Phi) is 4.25. The van der Waals surface area contributed by atoms with Crippen LogP contribution in [0.3, 0.4) is 0 Å². The second-order valence-corrected chi connectivity index (χ2v) is 6.47. The highest BCUT2D eigenvalue weighted by Crippen LogP contribution is 2.25. The van der Waals surface area contributed by atoms with Gasteiger partial charge in [0.1, 0.15) is 0 Å². The number of rotatable bonds is 3. The lowest BCUT2D eigenvalue weighted by Crippen LogP contribution is -2.24. The number of anilines is 1. The molecule has 0 bridgehead atoms. The lowest BCUT2D eigenvalue weighted by Gasteiger charge is -2.18. The van der Waals surface area contributed by atoms with Gasteiger partial charge in [0.15, 0.2) is 0 Å². The van der Waals surface area contributed by atoms with E-state index in [1.165, 1.54) is 6.07 Å². The maximum Gasteiger partial charge on any atom is 0.238 e. The smallest absolute Gasteiger partial charge is 0.238 e. The molecule has 1 amide bonds. The average molecular weight is 294 g/mol. The number of nitrogens with one attached hydrogen (secondary N) is 1. The van der Waals surface area contributed by atoms with Gasteiger partial charge in [0, 0.05) is 11.6 Å². The lowest BCUT2D eigenvalue weighted by atomic mass is 9.93. The van der Waals surface area contributed by atoms with Gasteiger partial charge >= 0.3 is 0 Å². The fraction of sp³-hybridized carbons (Fsp3) is 0.357. The highest BCUT2D eigenvalue weighted by atomic mass is 32.2. The minimum absolute atomic E-state index is 0.0406. The van der Waals surface area contributed by atoms with Crippen LogP contribution in [-0.2, 0) is 14.8 Å². The maximum atomic E-state index is 12.2. The third-order valence-electron chi connectivity index (χ3n) is 3.49. The van der Waals surface area contributed by atoms with Crippen molar-refractivity contribution in [2.45, 2.75) is 31.1 Å². The van der Waals surface area contributed by atoms with Crippen LogP contribution in [0, 0.1) is 12.8 Å². The van der Waals surface area contributed by atoms with Gasteiger partial charge < -0.3 is 5.32 Å². The predicted octanol–water partition coefficient (Wildman–Crippen LogP) is 1.94. The summed E-state index contributed by atoms with van der Waals surface area (Å²) in [6.45, 7) is 1.64. The van der Waals surface area contributed by atoms with Gasteiger partial charge in [0.2, 0.25) is 15.9 Å². The van der Waals surface area contributed by atoms with Crippen LogP contribution in [0.25, 0.3) is 0 Å². The molecule has 0 saturated heterocycles. The summed E-state index contributed by atoms with van der Waals surface area (Å²) in [5, 5.41) is 7.95. The first-order chi connectivity index (χ1) is 9.39. The van der Waals surface area contributed by atoms with Gasteiger partial charge in [0.25, 0.3) is 0 Å². The number of allylic oxidation sites excluding steroid dienone is 2. The molecular formula is C14H18N2O3S. The highest BCUT2D eigenvalue weighted by Gasteiger charge is 2.20. The molecule has 5 nitrogen and oxygen atoms in total.